The van der Waals surface area contributed by atoms with Gasteiger partial charge in [0.05, 0.1) is 21.9 Å². The van der Waals surface area contributed by atoms with Crippen LogP contribution in [0.1, 0.15) is 22.0 Å². The Morgan fingerprint density at radius 3 is 2.71 bits per heavy atom. The topological polar surface area (TPSA) is 43.6 Å². The van der Waals surface area contributed by atoms with E-state index in [0.29, 0.717) is 10.9 Å². The van der Waals surface area contributed by atoms with Gasteiger partial charge in [-0.25, -0.2) is 9.97 Å². The Balaban J connectivity index is 1.89. The van der Waals surface area contributed by atoms with Crippen LogP contribution in [0.15, 0.2) is 11.1 Å². The molecule has 0 spiro atoms. The molecule has 3 heterocycles. The number of thiophene rings is 1. The predicted molar refractivity (Wildman–Crippen MR) is 89.4 cm³/mol. The van der Waals surface area contributed by atoms with Crippen LogP contribution in [0.3, 0.4) is 0 Å². The Kier molecular flexibility index (Phi) is 3.94. The largest absolute Gasteiger partial charge is 0.262 e. The van der Waals surface area contributed by atoms with Crippen molar-refractivity contribution in [2.45, 2.75) is 31.6 Å². The predicted octanol–water partition coefficient (Wildman–Crippen LogP) is 4.30. The minimum absolute atomic E-state index is 0.554. The van der Waals surface area contributed by atoms with Gasteiger partial charge in [0.2, 0.25) is 0 Å². The average Bonchev–Trinajstić information content (AvgIpc) is 2.87. The maximum absolute atomic E-state index is 6.33. The summed E-state index contributed by atoms with van der Waals surface area (Å²) in [7, 11) is 1.94. The fraction of sp³-hybridized carbons (Fsp3) is 0.357. The number of halogens is 1. The van der Waals surface area contributed by atoms with E-state index in [9.17, 15) is 0 Å². The van der Waals surface area contributed by atoms with Crippen LogP contribution in [0.5, 0.6) is 0 Å². The van der Waals surface area contributed by atoms with Gasteiger partial charge in [-0.2, -0.15) is 5.10 Å². The molecule has 0 aliphatic carbocycles. The fourth-order valence-corrected chi connectivity index (χ4v) is 4.49. The van der Waals surface area contributed by atoms with Gasteiger partial charge >= 0.3 is 0 Å². The lowest BCUT2D eigenvalue weighted by molar-refractivity contribution is 0.692. The first kappa shape index (κ1) is 14.8. The Morgan fingerprint density at radius 2 is 2.05 bits per heavy atom. The smallest absolute Gasteiger partial charge is 0.142 e. The summed E-state index contributed by atoms with van der Waals surface area (Å²) in [5, 5.41) is 6.98. The van der Waals surface area contributed by atoms with Gasteiger partial charge in [-0.1, -0.05) is 23.4 Å². The van der Waals surface area contributed by atoms with Gasteiger partial charge in [-0.05, 0) is 32.4 Å². The summed E-state index contributed by atoms with van der Waals surface area (Å²) >= 11 is 9.67. The molecule has 7 heteroatoms. The minimum Gasteiger partial charge on any atom is -0.262 e. The second-order valence-corrected chi connectivity index (χ2v) is 7.49. The third-order valence-electron chi connectivity index (χ3n) is 3.34. The van der Waals surface area contributed by atoms with E-state index in [4.69, 9.17) is 11.6 Å². The van der Waals surface area contributed by atoms with Gasteiger partial charge in [-0.3, -0.25) is 4.68 Å². The summed E-state index contributed by atoms with van der Waals surface area (Å²) in [4.78, 5) is 11.3. The highest BCUT2D eigenvalue weighted by Gasteiger charge is 2.13. The summed E-state index contributed by atoms with van der Waals surface area (Å²) in [5.41, 5.74) is 2.19. The highest BCUT2D eigenvalue weighted by molar-refractivity contribution is 7.98. The number of nitrogens with zero attached hydrogens (tertiary/aromatic N) is 4. The maximum atomic E-state index is 6.33. The lowest BCUT2D eigenvalue weighted by Crippen LogP contribution is -1.96. The lowest BCUT2D eigenvalue weighted by atomic mass is 10.2. The van der Waals surface area contributed by atoms with Crippen LogP contribution in [0, 0.1) is 20.8 Å². The number of thioether (sulfide) groups is 1. The van der Waals surface area contributed by atoms with Crippen molar-refractivity contribution in [1.29, 1.82) is 0 Å². The Hall–Kier alpha value is -1.11. The van der Waals surface area contributed by atoms with Crippen LogP contribution >= 0.6 is 34.7 Å². The third-order valence-corrected chi connectivity index (χ3v) is 5.79. The number of hydrogen-bond acceptors (Lipinski definition) is 5. The monoisotopic (exact) mass is 338 g/mol. The van der Waals surface area contributed by atoms with Crippen molar-refractivity contribution in [2.75, 3.05) is 0 Å². The minimum atomic E-state index is 0.554. The molecule has 0 unspecified atom stereocenters. The third kappa shape index (κ3) is 2.80. The van der Waals surface area contributed by atoms with Crippen LogP contribution < -0.4 is 0 Å². The first-order chi connectivity index (χ1) is 9.95. The molecule has 0 bridgehead atoms. The van der Waals surface area contributed by atoms with Crippen LogP contribution in [-0.2, 0) is 12.8 Å². The van der Waals surface area contributed by atoms with Crippen molar-refractivity contribution >= 4 is 44.9 Å². The molecule has 0 atom stereocenters. The van der Waals surface area contributed by atoms with E-state index in [-0.39, 0.29) is 0 Å². The van der Waals surface area contributed by atoms with Crippen molar-refractivity contribution in [3.8, 4) is 0 Å². The molecule has 3 rings (SSSR count). The van der Waals surface area contributed by atoms with Crippen LogP contribution in [0.25, 0.3) is 10.2 Å². The average molecular weight is 339 g/mol. The Bertz CT molecular complexity index is 822. The normalized spacial score (nSPS) is 11.5. The molecule has 3 aromatic heterocycles. The number of rotatable bonds is 3. The van der Waals surface area contributed by atoms with E-state index in [2.05, 4.69) is 35.0 Å². The van der Waals surface area contributed by atoms with Crippen LogP contribution in [-0.4, -0.2) is 19.7 Å². The fourth-order valence-electron chi connectivity index (χ4n) is 2.17. The molecule has 0 aliphatic rings. The standard InChI is InChI=1S/C14H15ClN4S2/c1-7-5-11(19(4)18-7)20-6-10-16-13(15)12-8(2)9(3)21-14(12)17-10/h5H,6H2,1-4H3. The van der Waals surface area contributed by atoms with Crippen molar-refractivity contribution in [3.05, 3.63) is 33.2 Å². The van der Waals surface area contributed by atoms with Crippen molar-refractivity contribution in [1.82, 2.24) is 19.7 Å². The summed E-state index contributed by atoms with van der Waals surface area (Å²) in [6.07, 6.45) is 0. The molecule has 4 nitrogen and oxygen atoms in total. The molecule has 21 heavy (non-hydrogen) atoms. The molecular formula is C14H15ClN4S2. The van der Waals surface area contributed by atoms with Gasteiger partial charge in [0.25, 0.3) is 0 Å². The number of aryl methyl sites for hydroxylation is 4. The second kappa shape index (κ2) is 5.59. The SMILES string of the molecule is Cc1cc(SCc2nc(Cl)c3c(C)c(C)sc3n2)n(C)n1. The summed E-state index contributed by atoms with van der Waals surface area (Å²) < 4.78 is 1.87. The molecule has 0 N–H and O–H groups in total. The number of aromatic nitrogens is 4. The van der Waals surface area contributed by atoms with Gasteiger partial charge in [0, 0.05) is 11.9 Å². The molecule has 0 fully saturated rings. The number of hydrogen-bond donors (Lipinski definition) is 0. The molecular weight excluding hydrogens is 324 g/mol. The van der Waals surface area contributed by atoms with E-state index in [0.717, 1.165) is 26.8 Å². The Morgan fingerprint density at radius 1 is 1.29 bits per heavy atom. The zero-order chi connectivity index (χ0) is 15.1. The molecule has 0 radical (unpaired) electrons. The summed E-state index contributed by atoms with van der Waals surface area (Å²) in [6.45, 7) is 6.14. The van der Waals surface area contributed by atoms with E-state index in [1.807, 2.05) is 18.7 Å². The molecule has 0 aromatic carbocycles. The summed E-state index contributed by atoms with van der Waals surface area (Å²) in [6, 6.07) is 2.06. The quantitative estimate of drug-likeness (QED) is 0.527. The first-order valence-electron chi connectivity index (χ1n) is 6.51. The second-order valence-electron chi connectivity index (χ2n) is 4.93. The van der Waals surface area contributed by atoms with Crippen molar-refractivity contribution < 1.29 is 0 Å². The van der Waals surface area contributed by atoms with Crippen LogP contribution in [0.2, 0.25) is 5.15 Å². The molecule has 110 valence electrons. The van der Waals surface area contributed by atoms with Gasteiger partial charge < -0.3 is 0 Å². The highest BCUT2D eigenvalue weighted by atomic mass is 35.5. The molecule has 3 aromatic rings. The summed E-state index contributed by atoms with van der Waals surface area (Å²) in [5.74, 6) is 1.45. The molecule has 0 saturated heterocycles. The van der Waals surface area contributed by atoms with Crippen LogP contribution in [0.4, 0.5) is 0 Å². The highest BCUT2D eigenvalue weighted by Crippen LogP contribution is 2.33. The van der Waals surface area contributed by atoms with E-state index < -0.39 is 0 Å². The number of fused-ring (bicyclic) bond motifs is 1. The van der Waals surface area contributed by atoms with Gasteiger partial charge in [0.1, 0.15) is 15.8 Å². The Labute approximate surface area is 136 Å². The molecule has 0 amide bonds. The first-order valence-corrected chi connectivity index (χ1v) is 8.69. The zero-order valence-corrected chi connectivity index (χ0v) is 14.7. The van der Waals surface area contributed by atoms with E-state index >= 15 is 0 Å². The molecule has 0 saturated carbocycles. The lowest BCUT2D eigenvalue weighted by Gasteiger charge is -2.03. The van der Waals surface area contributed by atoms with E-state index in [1.165, 1.54) is 10.4 Å². The maximum Gasteiger partial charge on any atom is 0.142 e. The zero-order valence-electron chi connectivity index (χ0n) is 12.3. The van der Waals surface area contributed by atoms with Gasteiger partial charge in [-0.15, -0.1) is 11.3 Å². The van der Waals surface area contributed by atoms with Crippen molar-refractivity contribution in [2.24, 2.45) is 7.05 Å². The molecule has 0 aliphatic heterocycles. The van der Waals surface area contributed by atoms with Gasteiger partial charge in [0.15, 0.2) is 0 Å². The van der Waals surface area contributed by atoms with Crippen molar-refractivity contribution in [3.63, 3.8) is 0 Å². The van der Waals surface area contributed by atoms with E-state index in [1.54, 1.807) is 23.1 Å².